The lowest BCUT2D eigenvalue weighted by Crippen LogP contribution is -2.21. The molecule has 19 heavy (non-hydrogen) atoms. The van der Waals surface area contributed by atoms with Crippen molar-refractivity contribution >= 4 is 17.4 Å². The van der Waals surface area contributed by atoms with Crippen LogP contribution in [0.25, 0.3) is 0 Å². The third-order valence-corrected chi connectivity index (χ3v) is 8.15. The second-order valence-corrected chi connectivity index (χ2v) is 8.82. The fourth-order valence-corrected chi connectivity index (χ4v) is 5.82. The molecule has 0 bridgehead atoms. The molecule has 0 aliphatic carbocycles. The Morgan fingerprint density at radius 1 is 1.11 bits per heavy atom. The highest BCUT2D eigenvalue weighted by molar-refractivity contribution is 7.98. The maximum atomic E-state index is 12.5. The molecule has 0 amide bonds. The molecular formula is C12H19O5PS. The lowest BCUT2D eigenvalue weighted by Gasteiger charge is -2.23. The largest absolute Gasteiger partial charge is 0.348 e. The average Bonchev–Trinajstić information content (AvgIpc) is 2.39. The summed E-state index contributed by atoms with van der Waals surface area (Å²) in [6.07, 6.45) is 0. The van der Waals surface area contributed by atoms with E-state index in [2.05, 4.69) is 0 Å². The standard InChI is InChI=1S/C12H19O5PS/c1-4-16-18(13,17-5-2)11(3)19(14,15)12-9-7-6-8-10-12/h6-11H,4-5H2,1-3H3/i12+1. The van der Waals surface area contributed by atoms with Gasteiger partial charge in [0, 0.05) is 0 Å². The predicted octanol–water partition coefficient (Wildman–Crippen LogP) is 3.07. The van der Waals surface area contributed by atoms with Crippen LogP contribution in [0, 0.1) is 0 Å². The summed E-state index contributed by atoms with van der Waals surface area (Å²) in [7, 11) is -7.44. The molecule has 1 atom stereocenters. The van der Waals surface area contributed by atoms with Gasteiger partial charge >= 0.3 is 7.60 Å². The third-order valence-electron chi connectivity index (χ3n) is 2.58. The Balaban J connectivity index is 3.16. The van der Waals surface area contributed by atoms with Crippen LogP contribution in [0.1, 0.15) is 20.8 Å². The molecule has 0 heterocycles. The minimum absolute atomic E-state index is 0.113. The van der Waals surface area contributed by atoms with Crippen LogP contribution in [-0.4, -0.2) is 26.6 Å². The first-order valence-corrected chi connectivity index (χ1v) is 9.22. The molecule has 1 unspecified atom stereocenters. The van der Waals surface area contributed by atoms with E-state index < -0.39 is 22.4 Å². The molecule has 108 valence electrons. The van der Waals surface area contributed by atoms with Crippen molar-refractivity contribution in [3.05, 3.63) is 30.3 Å². The summed E-state index contributed by atoms with van der Waals surface area (Å²) in [4.78, 5) is -1.12. The van der Waals surface area contributed by atoms with Crippen molar-refractivity contribution in [1.82, 2.24) is 0 Å². The second kappa shape index (κ2) is 6.66. The van der Waals surface area contributed by atoms with Crippen LogP contribution >= 0.6 is 7.60 Å². The van der Waals surface area contributed by atoms with Gasteiger partial charge in [-0.1, -0.05) is 18.2 Å². The first-order valence-electron chi connectivity index (χ1n) is 6.06. The second-order valence-electron chi connectivity index (χ2n) is 3.83. The van der Waals surface area contributed by atoms with Crippen LogP contribution in [0.5, 0.6) is 0 Å². The quantitative estimate of drug-likeness (QED) is 0.724. The monoisotopic (exact) mass is 307 g/mol. The average molecular weight is 307 g/mol. The van der Waals surface area contributed by atoms with Crippen molar-refractivity contribution in [2.75, 3.05) is 13.2 Å². The lowest BCUT2D eigenvalue weighted by atomic mass is 10.5. The minimum Gasteiger partial charge on any atom is -0.308 e. The van der Waals surface area contributed by atoms with Gasteiger partial charge in [-0.25, -0.2) is 8.42 Å². The van der Waals surface area contributed by atoms with Gasteiger partial charge in [-0.2, -0.15) is 0 Å². The van der Waals surface area contributed by atoms with Crippen molar-refractivity contribution in [1.29, 1.82) is 0 Å². The van der Waals surface area contributed by atoms with Gasteiger partial charge in [0.1, 0.15) is 0 Å². The molecule has 1 aromatic rings. The normalized spacial score (nSPS) is 14.3. The van der Waals surface area contributed by atoms with Gasteiger partial charge in [-0.05, 0) is 32.9 Å². The fourth-order valence-electron chi connectivity index (χ4n) is 1.58. The molecule has 0 aliphatic rings. The smallest absolute Gasteiger partial charge is 0.308 e. The number of rotatable bonds is 7. The van der Waals surface area contributed by atoms with Crippen LogP contribution in [0.3, 0.4) is 0 Å². The van der Waals surface area contributed by atoms with Gasteiger partial charge in [0.25, 0.3) is 0 Å². The minimum atomic E-state index is -3.75. The zero-order valence-corrected chi connectivity index (χ0v) is 13.0. The summed E-state index contributed by atoms with van der Waals surface area (Å²) in [5.41, 5.74) is 0. The molecule has 0 radical (unpaired) electrons. The van der Waals surface area contributed by atoms with Crippen LogP contribution in [0.15, 0.2) is 35.2 Å². The van der Waals surface area contributed by atoms with E-state index in [9.17, 15) is 13.0 Å². The zero-order chi connectivity index (χ0) is 14.5. The van der Waals surface area contributed by atoms with Crippen molar-refractivity contribution in [3.8, 4) is 0 Å². The van der Waals surface area contributed by atoms with E-state index in [0.29, 0.717) is 0 Å². The molecule has 0 aromatic heterocycles. The number of sulfone groups is 1. The molecule has 1 aromatic carbocycles. The number of benzene rings is 1. The van der Waals surface area contributed by atoms with Crippen LogP contribution < -0.4 is 0 Å². The topological polar surface area (TPSA) is 69.7 Å². The number of hydrogen-bond donors (Lipinski definition) is 0. The Labute approximate surface area is 114 Å². The Bertz CT molecular complexity index is 530. The molecule has 0 spiro atoms. The van der Waals surface area contributed by atoms with Crippen LogP contribution in [0.2, 0.25) is 0 Å². The first kappa shape index (κ1) is 16.4. The summed E-state index contributed by atoms with van der Waals surface area (Å²) in [6, 6.07) is 7.88. The van der Waals surface area contributed by atoms with Gasteiger partial charge in [0.15, 0.2) is 14.8 Å². The Morgan fingerprint density at radius 3 is 2.00 bits per heavy atom. The van der Waals surface area contributed by atoms with Gasteiger partial charge in [-0.3, -0.25) is 4.57 Å². The summed E-state index contributed by atoms with van der Waals surface area (Å²) in [6.45, 7) is 4.91. The van der Waals surface area contributed by atoms with E-state index in [4.69, 9.17) is 9.05 Å². The van der Waals surface area contributed by atoms with E-state index in [1.54, 1.807) is 32.0 Å². The molecule has 0 saturated heterocycles. The molecule has 0 N–H and O–H groups in total. The van der Waals surface area contributed by atoms with E-state index in [1.165, 1.54) is 19.1 Å². The summed E-state index contributed by atoms with van der Waals surface area (Å²) < 4.78 is 47.5. The molecule has 1 rings (SSSR count). The highest BCUT2D eigenvalue weighted by Crippen LogP contribution is 2.55. The van der Waals surface area contributed by atoms with Crippen molar-refractivity contribution in [2.24, 2.45) is 0 Å². The highest BCUT2D eigenvalue weighted by Gasteiger charge is 2.42. The molecule has 0 aliphatic heterocycles. The Morgan fingerprint density at radius 2 is 1.58 bits per heavy atom. The molecule has 0 fully saturated rings. The Hall–Kier alpha value is -0.680. The highest BCUT2D eigenvalue weighted by atomic mass is 32.2. The van der Waals surface area contributed by atoms with Crippen LogP contribution in [-0.2, 0) is 23.4 Å². The Kier molecular flexibility index (Phi) is 5.74. The van der Waals surface area contributed by atoms with Gasteiger partial charge in [-0.15, -0.1) is 0 Å². The molecule has 5 nitrogen and oxygen atoms in total. The third kappa shape index (κ3) is 3.66. The van der Waals surface area contributed by atoms with Gasteiger partial charge < -0.3 is 9.05 Å². The van der Waals surface area contributed by atoms with Crippen molar-refractivity contribution in [2.45, 2.75) is 30.7 Å². The van der Waals surface area contributed by atoms with Crippen molar-refractivity contribution < 1.29 is 22.0 Å². The maximum Gasteiger partial charge on any atom is 0.348 e. The SMILES string of the molecule is CCOP(=O)(OCC)C(C)S(=O)(=O)[13c]1ccccc1. The van der Waals surface area contributed by atoms with Crippen LogP contribution in [0.4, 0.5) is 0 Å². The summed E-state index contributed by atoms with van der Waals surface area (Å²) in [5.74, 6) is 0. The molecule has 7 heteroatoms. The first-order chi connectivity index (χ1) is 8.88. The van der Waals surface area contributed by atoms with E-state index in [-0.39, 0.29) is 18.1 Å². The summed E-state index contributed by atoms with van der Waals surface area (Å²) in [5, 5.41) is 0. The zero-order valence-electron chi connectivity index (χ0n) is 11.3. The molecular weight excluding hydrogens is 288 g/mol. The number of hydrogen-bond acceptors (Lipinski definition) is 5. The fraction of sp³-hybridized carbons (Fsp3) is 0.500. The predicted molar refractivity (Wildman–Crippen MR) is 73.9 cm³/mol. The van der Waals surface area contributed by atoms with E-state index in [1.807, 2.05) is 0 Å². The van der Waals surface area contributed by atoms with E-state index >= 15 is 0 Å². The van der Waals surface area contributed by atoms with Crippen molar-refractivity contribution in [3.63, 3.8) is 0 Å². The molecule has 0 saturated carbocycles. The van der Waals surface area contributed by atoms with Gasteiger partial charge in [0.2, 0.25) is 0 Å². The maximum absolute atomic E-state index is 12.5. The van der Waals surface area contributed by atoms with Gasteiger partial charge in [0.05, 0.1) is 18.1 Å². The summed E-state index contributed by atoms with van der Waals surface area (Å²) >= 11 is 0. The van der Waals surface area contributed by atoms with E-state index in [0.717, 1.165) is 0 Å². The lowest BCUT2D eigenvalue weighted by molar-refractivity contribution is 0.218.